The van der Waals surface area contributed by atoms with E-state index in [0.29, 0.717) is 22.5 Å². The van der Waals surface area contributed by atoms with E-state index in [2.05, 4.69) is 4.98 Å². The van der Waals surface area contributed by atoms with E-state index in [4.69, 9.17) is 5.73 Å². The number of anilines is 1. The molecule has 3 aromatic rings. The number of hydrogen-bond donors (Lipinski definition) is 1. The summed E-state index contributed by atoms with van der Waals surface area (Å²) < 4.78 is 13.8. The molecule has 0 spiro atoms. The van der Waals surface area contributed by atoms with Gasteiger partial charge in [-0.15, -0.1) is 0 Å². The molecule has 0 saturated carbocycles. The number of carbonyl (C=O) groups excluding carboxylic acids is 2. The van der Waals surface area contributed by atoms with E-state index in [-0.39, 0.29) is 30.2 Å². The Bertz CT molecular complexity index is 1040. The number of nitrogen functional groups attached to an aromatic ring is 1. The number of rotatable bonds is 6. The highest BCUT2D eigenvalue weighted by molar-refractivity contribution is 5.96. The molecule has 0 amide bonds. The van der Waals surface area contributed by atoms with Crippen molar-refractivity contribution >= 4 is 17.4 Å². The number of aryl methyl sites for hydroxylation is 1. The number of ketones is 2. The molecule has 1 aromatic heterocycles. The number of aromatic nitrogens is 1. The van der Waals surface area contributed by atoms with Crippen molar-refractivity contribution in [3.63, 3.8) is 0 Å². The maximum absolute atomic E-state index is 13.8. The lowest BCUT2D eigenvalue weighted by atomic mass is 9.98. The van der Waals surface area contributed by atoms with Crippen molar-refractivity contribution in [3.05, 3.63) is 82.8 Å². The largest absolute Gasteiger partial charge is 0.383 e. The summed E-state index contributed by atoms with van der Waals surface area (Å²) in [5.74, 6) is -0.164. The highest BCUT2D eigenvalue weighted by Gasteiger charge is 2.11. The van der Waals surface area contributed by atoms with Gasteiger partial charge in [0, 0.05) is 30.2 Å². The molecule has 0 aliphatic heterocycles. The van der Waals surface area contributed by atoms with E-state index < -0.39 is 0 Å². The Morgan fingerprint density at radius 1 is 1.04 bits per heavy atom. The van der Waals surface area contributed by atoms with Crippen LogP contribution < -0.4 is 5.73 Å². The van der Waals surface area contributed by atoms with Crippen molar-refractivity contribution in [1.82, 2.24) is 4.98 Å². The molecule has 0 aliphatic carbocycles. The maximum Gasteiger partial charge on any atom is 0.161 e. The summed E-state index contributed by atoms with van der Waals surface area (Å²) in [4.78, 5) is 28.0. The molecule has 0 unspecified atom stereocenters. The minimum Gasteiger partial charge on any atom is -0.383 e. The van der Waals surface area contributed by atoms with Crippen molar-refractivity contribution < 1.29 is 14.0 Å². The zero-order valence-corrected chi connectivity index (χ0v) is 15.8. The van der Waals surface area contributed by atoms with Gasteiger partial charge in [0.25, 0.3) is 0 Å². The molecule has 3 rings (SSSR count). The summed E-state index contributed by atoms with van der Waals surface area (Å²) in [7, 11) is 0. The molecule has 0 atom stereocenters. The first-order valence-corrected chi connectivity index (χ1v) is 8.96. The van der Waals surface area contributed by atoms with Gasteiger partial charge < -0.3 is 5.73 Å². The number of benzene rings is 2. The van der Waals surface area contributed by atoms with Gasteiger partial charge in [0.05, 0.1) is 0 Å². The van der Waals surface area contributed by atoms with Gasteiger partial charge in [0.1, 0.15) is 17.4 Å². The van der Waals surface area contributed by atoms with Crippen molar-refractivity contribution in [2.45, 2.75) is 26.7 Å². The average Bonchev–Trinajstić information content (AvgIpc) is 2.65. The number of halogens is 1. The quantitative estimate of drug-likeness (QED) is 0.650. The Kier molecular flexibility index (Phi) is 5.64. The second-order valence-corrected chi connectivity index (χ2v) is 6.90. The topological polar surface area (TPSA) is 73.1 Å². The van der Waals surface area contributed by atoms with Gasteiger partial charge in [-0.1, -0.05) is 42.0 Å². The van der Waals surface area contributed by atoms with Gasteiger partial charge in [-0.2, -0.15) is 0 Å². The lowest BCUT2D eigenvalue weighted by Crippen LogP contribution is -2.08. The third-order valence-corrected chi connectivity index (χ3v) is 4.58. The van der Waals surface area contributed by atoms with Crippen molar-refractivity contribution in [2.24, 2.45) is 0 Å². The second kappa shape index (κ2) is 8.13. The molecule has 142 valence electrons. The molecule has 0 aliphatic rings. The molecule has 28 heavy (non-hydrogen) atoms. The molecular formula is C23H21FN2O2. The summed E-state index contributed by atoms with van der Waals surface area (Å²) in [5, 5.41) is 0. The number of hydrogen-bond acceptors (Lipinski definition) is 4. The first-order valence-electron chi connectivity index (χ1n) is 8.96. The number of carbonyl (C=O) groups is 2. The molecule has 2 N–H and O–H groups in total. The molecule has 2 aromatic carbocycles. The smallest absolute Gasteiger partial charge is 0.161 e. The number of nitrogens with two attached hydrogens (primary N) is 1. The van der Waals surface area contributed by atoms with Crippen LogP contribution in [0.4, 0.5) is 10.2 Å². The van der Waals surface area contributed by atoms with Crippen LogP contribution in [0.5, 0.6) is 0 Å². The van der Waals surface area contributed by atoms with Crippen LogP contribution in [0.1, 0.15) is 34.0 Å². The summed E-state index contributed by atoms with van der Waals surface area (Å²) in [6, 6.07) is 13.8. The maximum atomic E-state index is 13.8. The Morgan fingerprint density at radius 2 is 1.75 bits per heavy atom. The van der Waals surface area contributed by atoms with Crippen LogP contribution in [-0.4, -0.2) is 16.6 Å². The third kappa shape index (κ3) is 4.49. The SMILES string of the molecule is CC(=O)c1cnc(N)c(-c2ccc(CC(=O)Cc3cc(C)ccc3F)cc2)c1. The molecule has 5 heteroatoms. The van der Waals surface area contributed by atoms with Crippen LogP contribution in [-0.2, 0) is 17.6 Å². The fourth-order valence-electron chi connectivity index (χ4n) is 3.04. The van der Waals surface area contributed by atoms with E-state index in [1.807, 2.05) is 31.2 Å². The predicted molar refractivity (Wildman–Crippen MR) is 108 cm³/mol. The van der Waals surface area contributed by atoms with Crippen LogP contribution in [0.3, 0.4) is 0 Å². The zero-order chi connectivity index (χ0) is 20.3. The Labute approximate surface area is 163 Å². The van der Waals surface area contributed by atoms with Crippen LogP contribution >= 0.6 is 0 Å². The van der Waals surface area contributed by atoms with Gasteiger partial charge in [-0.25, -0.2) is 9.37 Å². The Balaban J connectivity index is 1.74. The van der Waals surface area contributed by atoms with Crippen LogP contribution in [0.15, 0.2) is 54.7 Å². The van der Waals surface area contributed by atoms with Gasteiger partial charge in [-0.3, -0.25) is 9.59 Å². The van der Waals surface area contributed by atoms with Crippen LogP contribution in [0, 0.1) is 12.7 Å². The van der Waals surface area contributed by atoms with E-state index in [0.717, 1.165) is 16.7 Å². The molecule has 0 saturated heterocycles. The van der Waals surface area contributed by atoms with Gasteiger partial charge in [0.2, 0.25) is 0 Å². The van der Waals surface area contributed by atoms with Gasteiger partial charge in [-0.05, 0) is 42.7 Å². The first-order chi connectivity index (χ1) is 13.3. The molecule has 4 nitrogen and oxygen atoms in total. The van der Waals surface area contributed by atoms with Crippen LogP contribution in [0.25, 0.3) is 11.1 Å². The highest BCUT2D eigenvalue weighted by Crippen LogP contribution is 2.26. The average molecular weight is 376 g/mol. The van der Waals surface area contributed by atoms with E-state index in [1.165, 1.54) is 19.2 Å². The fourth-order valence-corrected chi connectivity index (χ4v) is 3.04. The number of Topliss-reactive ketones (excluding diaryl/α,β-unsaturated/α-hetero) is 2. The van der Waals surface area contributed by atoms with Gasteiger partial charge >= 0.3 is 0 Å². The zero-order valence-electron chi connectivity index (χ0n) is 15.8. The summed E-state index contributed by atoms with van der Waals surface area (Å²) in [6.45, 7) is 3.34. The Morgan fingerprint density at radius 3 is 2.43 bits per heavy atom. The molecule has 0 fully saturated rings. The molecule has 0 bridgehead atoms. The lowest BCUT2D eigenvalue weighted by Gasteiger charge is -2.08. The Hall–Kier alpha value is -3.34. The monoisotopic (exact) mass is 376 g/mol. The van der Waals surface area contributed by atoms with Crippen molar-refractivity contribution in [1.29, 1.82) is 0 Å². The molecular weight excluding hydrogens is 355 g/mol. The van der Waals surface area contributed by atoms with Gasteiger partial charge in [0.15, 0.2) is 5.78 Å². The first kappa shape index (κ1) is 19.4. The minimum absolute atomic E-state index is 0.0583. The summed E-state index contributed by atoms with van der Waals surface area (Å²) >= 11 is 0. The summed E-state index contributed by atoms with van der Waals surface area (Å²) in [5.41, 5.74) is 10.1. The second-order valence-electron chi connectivity index (χ2n) is 6.90. The number of pyridine rings is 1. The summed E-state index contributed by atoms with van der Waals surface area (Å²) in [6.07, 6.45) is 1.74. The third-order valence-electron chi connectivity index (χ3n) is 4.58. The lowest BCUT2D eigenvalue weighted by molar-refractivity contribution is -0.117. The van der Waals surface area contributed by atoms with E-state index in [9.17, 15) is 14.0 Å². The molecule has 0 radical (unpaired) electrons. The minimum atomic E-state index is -0.359. The van der Waals surface area contributed by atoms with E-state index in [1.54, 1.807) is 18.2 Å². The fraction of sp³-hybridized carbons (Fsp3) is 0.174. The van der Waals surface area contributed by atoms with Crippen LogP contribution in [0.2, 0.25) is 0 Å². The van der Waals surface area contributed by atoms with Crippen molar-refractivity contribution in [3.8, 4) is 11.1 Å². The van der Waals surface area contributed by atoms with Crippen molar-refractivity contribution in [2.75, 3.05) is 5.73 Å². The molecule has 1 heterocycles. The van der Waals surface area contributed by atoms with E-state index >= 15 is 0 Å². The highest BCUT2D eigenvalue weighted by atomic mass is 19.1. The number of nitrogens with zero attached hydrogens (tertiary/aromatic N) is 1. The predicted octanol–water partition coefficient (Wildman–Crippen LogP) is 4.34. The standard InChI is InChI=1S/C23H21FN2O2/c1-14-3-8-22(24)18(9-14)11-20(28)10-16-4-6-17(7-5-16)21-12-19(15(2)27)13-26-23(21)25/h3-9,12-13H,10-11H2,1-2H3,(H2,25,26). The normalized spacial score (nSPS) is 10.7.